The number of aromatic carboxylic acids is 1. The van der Waals surface area contributed by atoms with E-state index in [1.54, 1.807) is 4.90 Å². The molecule has 0 saturated heterocycles. The molecule has 1 aromatic rings. The molecule has 0 aromatic heterocycles. The standard InChI is InChI=1S/C23H37N3O6/c1-4-7-10-11-12-13-14-18-19(23(27)28)17-20(25(29)30)22(21(18)26(31)32)24(15-8-5-2)16-9-6-3/h17H,4-16H2,1-3H3,(H,27,28). The lowest BCUT2D eigenvalue weighted by Crippen LogP contribution is -2.28. The summed E-state index contributed by atoms with van der Waals surface area (Å²) in [6.45, 7) is 6.97. The van der Waals surface area contributed by atoms with Gasteiger partial charge in [-0.2, -0.15) is 0 Å². The van der Waals surface area contributed by atoms with Gasteiger partial charge in [0.05, 0.1) is 15.4 Å². The van der Waals surface area contributed by atoms with Gasteiger partial charge in [0.2, 0.25) is 0 Å². The van der Waals surface area contributed by atoms with E-state index in [1.807, 2.05) is 13.8 Å². The minimum absolute atomic E-state index is 0.0483. The number of nitro benzene ring substituents is 2. The first-order chi connectivity index (χ1) is 15.3. The lowest BCUT2D eigenvalue weighted by atomic mass is 9.95. The summed E-state index contributed by atoms with van der Waals surface area (Å²) in [5, 5.41) is 33.7. The summed E-state index contributed by atoms with van der Waals surface area (Å²) < 4.78 is 0. The van der Waals surface area contributed by atoms with Crippen LogP contribution in [-0.4, -0.2) is 34.0 Å². The Morgan fingerprint density at radius 1 is 0.875 bits per heavy atom. The van der Waals surface area contributed by atoms with Crippen LogP contribution in [-0.2, 0) is 6.42 Å². The van der Waals surface area contributed by atoms with Crippen LogP contribution in [0.4, 0.5) is 17.1 Å². The largest absolute Gasteiger partial charge is 0.478 e. The van der Waals surface area contributed by atoms with E-state index in [-0.39, 0.29) is 23.2 Å². The number of anilines is 1. The first-order valence-corrected chi connectivity index (χ1v) is 11.8. The first-order valence-electron chi connectivity index (χ1n) is 11.8. The molecule has 0 radical (unpaired) electrons. The van der Waals surface area contributed by atoms with Gasteiger partial charge in [-0.25, -0.2) is 4.79 Å². The van der Waals surface area contributed by atoms with Gasteiger partial charge in [0.1, 0.15) is 0 Å². The van der Waals surface area contributed by atoms with Crippen LogP contribution < -0.4 is 4.90 Å². The summed E-state index contributed by atoms with van der Waals surface area (Å²) in [4.78, 5) is 36.3. The SMILES string of the molecule is CCCCCCCCc1c(C(=O)O)cc([N+](=O)[O-])c(N(CCCC)CCCC)c1[N+](=O)[O-]. The minimum atomic E-state index is -1.38. The molecule has 0 aliphatic rings. The average molecular weight is 452 g/mol. The van der Waals surface area contributed by atoms with Crippen LogP contribution in [0, 0.1) is 20.2 Å². The number of carboxylic acid groups (broad SMARTS) is 1. The molecule has 0 saturated carbocycles. The fourth-order valence-electron chi connectivity index (χ4n) is 3.89. The van der Waals surface area contributed by atoms with E-state index >= 15 is 0 Å². The molecule has 1 rings (SSSR count). The Bertz CT molecular complexity index is 773. The van der Waals surface area contributed by atoms with Gasteiger partial charge < -0.3 is 10.0 Å². The lowest BCUT2D eigenvalue weighted by Gasteiger charge is -2.25. The summed E-state index contributed by atoms with van der Waals surface area (Å²) in [6.07, 6.45) is 9.04. The average Bonchev–Trinajstić information content (AvgIpc) is 2.75. The molecule has 0 bridgehead atoms. The first kappa shape index (κ1) is 27.3. The van der Waals surface area contributed by atoms with Crippen molar-refractivity contribution in [1.82, 2.24) is 0 Å². The van der Waals surface area contributed by atoms with E-state index in [1.165, 1.54) is 0 Å². The van der Waals surface area contributed by atoms with E-state index in [9.17, 15) is 30.1 Å². The summed E-state index contributed by atoms with van der Waals surface area (Å²) >= 11 is 0. The predicted molar refractivity (Wildman–Crippen MR) is 126 cm³/mol. The van der Waals surface area contributed by atoms with E-state index in [4.69, 9.17) is 0 Å². The zero-order valence-electron chi connectivity index (χ0n) is 19.6. The van der Waals surface area contributed by atoms with Crippen molar-refractivity contribution in [3.8, 4) is 0 Å². The van der Waals surface area contributed by atoms with Gasteiger partial charge in [-0.05, 0) is 25.7 Å². The molecule has 180 valence electrons. The van der Waals surface area contributed by atoms with Crippen LogP contribution in [0.1, 0.15) is 101 Å². The lowest BCUT2D eigenvalue weighted by molar-refractivity contribution is -0.393. The fourth-order valence-corrected chi connectivity index (χ4v) is 3.89. The van der Waals surface area contributed by atoms with Crippen molar-refractivity contribution < 1.29 is 19.7 Å². The van der Waals surface area contributed by atoms with E-state index in [2.05, 4.69) is 6.92 Å². The number of unbranched alkanes of at least 4 members (excludes halogenated alkanes) is 7. The Labute approximate surface area is 190 Å². The number of carbonyl (C=O) groups is 1. The second kappa shape index (κ2) is 14.4. The van der Waals surface area contributed by atoms with Gasteiger partial charge in [-0.15, -0.1) is 0 Å². The molecule has 0 unspecified atom stereocenters. The molecular formula is C23H37N3O6. The van der Waals surface area contributed by atoms with E-state index < -0.39 is 27.2 Å². The maximum absolute atomic E-state index is 12.2. The third-order valence-corrected chi connectivity index (χ3v) is 5.63. The van der Waals surface area contributed by atoms with Gasteiger partial charge in [-0.3, -0.25) is 20.2 Å². The van der Waals surface area contributed by atoms with Crippen LogP contribution in [0.25, 0.3) is 0 Å². The number of nitrogens with zero attached hydrogens (tertiary/aromatic N) is 3. The van der Waals surface area contributed by atoms with Crippen molar-refractivity contribution in [3.63, 3.8) is 0 Å². The molecule has 0 heterocycles. The van der Waals surface area contributed by atoms with Crippen LogP contribution in [0.15, 0.2) is 6.07 Å². The second-order valence-electron chi connectivity index (χ2n) is 8.15. The molecular weight excluding hydrogens is 414 g/mol. The highest BCUT2D eigenvalue weighted by Gasteiger charge is 2.36. The number of carboxylic acids is 1. The Balaban J connectivity index is 3.57. The zero-order valence-corrected chi connectivity index (χ0v) is 19.6. The van der Waals surface area contributed by atoms with Crippen molar-refractivity contribution in [2.24, 2.45) is 0 Å². The van der Waals surface area contributed by atoms with E-state index in [0.29, 0.717) is 19.5 Å². The minimum Gasteiger partial charge on any atom is -0.478 e. The number of benzene rings is 1. The quantitative estimate of drug-likeness (QED) is 0.162. The predicted octanol–water partition coefficient (Wildman–Crippen LogP) is 6.51. The molecule has 0 aliphatic heterocycles. The van der Waals surface area contributed by atoms with Gasteiger partial charge in [0, 0.05) is 24.7 Å². The van der Waals surface area contributed by atoms with Crippen molar-refractivity contribution in [1.29, 1.82) is 0 Å². The molecule has 0 atom stereocenters. The maximum atomic E-state index is 12.2. The van der Waals surface area contributed by atoms with Crippen molar-refractivity contribution in [3.05, 3.63) is 37.4 Å². The molecule has 0 aliphatic carbocycles. The topological polar surface area (TPSA) is 127 Å². The summed E-state index contributed by atoms with van der Waals surface area (Å²) in [7, 11) is 0. The highest BCUT2D eigenvalue weighted by molar-refractivity contribution is 5.95. The third kappa shape index (κ3) is 7.76. The number of nitro groups is 2. The Kier molecular flexibility index (Phi) is 12.3. The maximum Gasteiger partial charge on any atom is 0.336 e. The summed E-state index contributed by atoms with van der Waals surface area (Å²) in [5.41, 5.74) is -1.22. The van der Waals surface area contributed by atoms with Gasteiger partial charge in [0.15, 0.2) is 5.69 Å². The molecule has 32 heavy (non-hydrogen) atoms. The zero-order chi connectivity index (χ0) is 24.1. The molecule has 1 aromatic carbocycles. The number of hydrogen-bond acceptors (Lipinski definition) is 6. The van der Waals surface area contributed by atoms with Gasteiger partial charge >= 0.3 is 17.3 Å². The van der Waals surface area contributed by atoms with Crippen LogP contribution in [0.5, 0.6) is 0 Å². The van der Waals surface area contributed by atoms with Gasteiger partial charge in [0.25, 0.3) is 0 Å². The summed E-state index contributed by atoms with van der Waals surface area (Å²) in [6, 6.07) is 1.02. The third-order valence-electron chi connectivity index (χ3n) is 5.63. The molecule has 9 heteroatoms. The van der Waals surface area contributed by atoms with Crippen LogP contribution >= 0.6 is 0 Å². The van der Waals surface area contributed by atoms with Crippen LogP contribution in [0.2, 0.25) is 0 Å². The Hall–Kier alpha value is -2.71. The second-order valence-corrected chi connectivity index (χ2v) is 8.15. The van der Waals surface area contributed by atoms with Crippen LogP contribution in [0.3, 0.4) is 0 Å². The Morgan fingerprint density at radius 3 is 1.88 bits per heavy atom. The summed E-state index contributed by atoms with van der Waals surface area (Å²) in [5.74, 6) is -1.38. The highest BCUT2D eigenvalue weighted by Crippen LogP contribution is 2.43. The molecule has 0 amide bonds. The molecule has 0 spiro atoms. The van der Waals surface area contributed by atoms with Gasteiger partial charge in [-0.1, -0.05) is 65.7 Å². The Morgan fingerprint density at radius 2 is 1.41 bits per heavy atom. The molecule has 0 fully saturated rings. The smallest absolute Gasteiger partial charge is 0.336 e. The molecule has 9 nitrogen and oxygen atoms in total. The number of hydrogen-bond donors (Lipinski definition) is 1. The fraction of sp³-hybridized carbons (Fsp3) is 0.696. The van der Waals surface area contributed by atoms with Crippen molar-refractivity contribution >= 4 is 23.0 Å². The van der Waals surface area contributed by atoms with Crippen molar-refractivity contribution in [2.45, 2.75) is 91.4 Å². The van der Waals surface area contributed by atoms with Crippen molar-refractivity contribution in [2.75, 3.05) is 18.0 Å². The van der Waals surface area contributed by atoms with E-state index in [0.717, 1.165) is 63.9 Å². The monoisotopic (exact) mass is 451 g/mol. The highest BCUT2D eigenvalue weighted by atomic mass is 16.6. The normalized spacial score (nSPS) is 10.8. The number of rotatable bonds is 17. The molecule has 1 N–H and O–H groups in total.